The Morgan fingerprint density at radius 3 is 2.79 bits per heavy atom. The fourth-order valence-corrected chi connectivity index (χ4v) is 2.50. The Bertz CT molecular complexity index is 479. The van der Waals surface area contributed by atoms with Crippen molar-refractivity contribution in [3.05, 3.63) is 18.3 Å². The lowest BCUT2D eigenvalue weighted by molar-refractivity contribution is 0.0736. The van der Waals surface area contributed by atoms with Crippen LogP contribution in [0.2, 0.25) is 0 Å². The molecular formula is C11H19N3O4S. The van der Waals surface area contributed by atoms with E-state index >= 15 is 0 Å². The molecule has 0 unspecified atom stereocenters. The molecule has 7 nitrogen and oxygen atoms in total. The van der Waals surface area contributed by atoms with Crippen LogP contribution in [0.15, 0.2) is 23.4 Å². The van der Waals surface area contributed by atoms with Crippen LogP contribution in [-0.4, -0.2) is 53.9 Å². The Kier molecular flexibility index (Phi) is 6.71. The van der Waals surface area contributed by atoms with Crippen LogP contribution in [0, 0.1) is 0 Å². The van der Waals surface area contributed by atoms with Crippen LogP contribution >= 0.6 is 0 Å². The number of aromatic nitrogens is 1. The number of hydrogen-bond acceptors (Lipinski definition) is 6. The van der Waals surface area contributed by atoms with E-state index in [0.717, 1.165) is 0 Å². The highest BCUT2D eigenvalue weighted by atomic mass is 32.2. The third-order valence-corrected chi connectivity index (χ3v) is 3.68. The van der Waals surface area contributed by atoms with Crippen LogP contribution in [0.5, 0.6) is 0 Å². The summed E-state index contributed by atoms with van der Waals surface area (Å²) in [6, 6.07) is 3.31. The summed E-state index contributed by atoms with van der Waals surface area (Å²) < 4.78 is 36.4. The van der Waals surface area contributed by atoms with Gasteiger partial charge in [0.1, 0.15) is 0 Å². The van der Waals surface area contributed by atoms with E-state index in [2.05, 4.69) is 15.0 Å². The molecule has 19 heavy (non-hydrogen) atoms. The van der Waals surface area contributed by atoms with Crippen molar-refractivity contribution in [2.75, 3.05) is 45.8 Å². The summed E-state index contributed by atoms with van der Waals surface area (Å²) in [5.41, 5.74) is 0.454. The van der Waals surface area contributed by atoms with E-state index < -0.39 is 10.0 Å². The molecule has 0 aliphatic heterocycles. The van der Waals surface area contributed by atoms with Crippen molar-refractivity contribution in [3.8, 4) is 0 Å². The van der Waals surface area contributed by atoms with Gasteiger partial charge in [0.05, 0.1) is 25.5 Å². The van der Waals surface area contributed by atoms with Crippen molar-refractivity contribution in [2.24, 2.45) is 0 Å². The van der Waals surface area contributed by atoms with Gasteiger partial charge in [0.2, 0.25) is 0 Å². The van der Waals surface area contributed by atoms with Gasteiger partial charge in [-0.2, -0.15) is 0 Å². The maximum atomic E-state index is 12.0. The van der Waals surface area contributed by atoms with Crippen molar-refractivity contribution in [3.63, 3.8) is 0 Å². The molecule has 0 bridgehead atoms. The zero-order chi connectivity index (χ0) is 14.1. The predicted octanol–water partition coefficient (Wildman–Crippen LogP) is 0.0646. The summed E-state index contributed by atoms with van der Waals surface area (Å²) in [6.45, 7) is 1.39. The molecule has 0 fully saturated rings. The maximum Gasteiger partial charge on any atom is 0.260 e. The lowest BCUT2D eigenvalue weighted by Gasteiger charge is -2.10. The Balaban J connectivity index is 2.52. The molecule has 0 aromatic carbocycles. The lowest BCUT2D eigenvalue weighted by atomic mass is 10.4. The van der Waals surface area contributed by atoms with Crippen molar-refractivity contribution in [1.82, 2.24) is 9.71 Å². The summed E-state index contributed by atoms with van der Waals surface area (Å²) in [7, 11) is -0.412. The van der Waals surface area contributed by atoms with Gasteiger partial charge in [-0.05, 0) is 12.1 Å². The third-order valence-electron chi connectivity index (χ3n) is 2.27. The van der Waals surface area contributed by atoms with Gasteiger partial charge in [-0.25, -0.2) is 18.1 Å². The standard InChI is InChI=1S/C11H19N3O4S/c1-12-10-4-3-5-13-11(10)19(15,16)14-6-7-18-9-8-17-2/h3-5,12,14H,6-9H2,1-2H3. The highest BCUT2D eigenvalue weighted by molar-refractivity contribution is 7.89. The second-order valence-corrected chi connectivity index (χ2v) is 5.29. The first-order valence-corrected chi connectivity index (χ1v) is 7.29. The van der Waals surface area contributed by atoms with Crippen molar-refractivity contribution < 1.29 is 17.9 Å². The Morgan fingerprint density at radius 1 is 1.32 bits per heavy atom. The number of rotatable bonds is 9. The molecule has 1 heterocycles. The first-order chi connectivity index (χ1) is 9.11. The molecule has 0 saturated carbocycles. The molecule has 1 rings (SSSR count). The molecule has 0 amide bonds. The van der Waals surface area contributed by atoms with Gasteiger partial charge in [-0.3, -0.25) is 0 Å². The Hall–Kier alpha value is -1.22. The van der Waals surface area contributed by atoms with E-state index in [4.69, 9.17) is 9.47 Å². The highest BCUT2D eigenvalue weighted by Crippen LogP contribution is 2.16. The fraction of sp³-hybridized carbons (Fsp3) is 0.545. The van der Waals surface area contributed by atoms with Gasteiger partial charge in [0.25, 0.3) is 10.0 Å². The average molecular weight is 289 g/mol. The smallest absolute Gasteiger partial charge is 0.260 e. The minimum atomic E-state index is -3.63. The Morgan fingerprint density at radius 2 is 2.11 bits per heavy atom. The summed E-state index contributed by atoms with van der Waals surface area (Å²) in [4.78, 5) is 3.88. The quantitative estimate of drug-likeness (QED) is 0.625. The molecule has 1 aromatic rings. The van der Waals surface area contributed by atoms with Gasteiger partial charge in [-0.1, -0.05) is 0 Å². The molecule has 0 aliphatic rings. The number of methoxy groups -OCH3 is 1. The SMILES string of the molecule is CNc1cccnc1S(=O)(=O)NCCOCCOC. The highest BCUT2D eigenvalue weighted by Gasteiger charge is 2.18. The van der Waals surface area contributed by atoms with E-state index in [1.165, 1.54) is 6.20 Å². The topological polar surface area (TPSA) is 89.6 Å². The fourth-order valence-electron chi connectivity index (χ4n) is 1.36. The van der Waals surface area contributed by atoms with Crippen LogP contribution in [0.1, 0.15) is 0 Å². The molecule has 108 valence electrons. The minimum Gasteiger partial charge on any atom is -0.386 e. The molecule has 2 N–H and O–H groups in total. The van der Waals surface area contributed by atoms with Crippen molar-refractivity contribution in [2.45, 2.75) is 5.03 Å². The number of hydrogen-bond donors (Lipinski definition) is 2. The monoisotopic (exact) mass is 289 g/mol. The average Bonchev–Trinajstić information content (AvgIpc) is 2.42. The number of sulfonamides is 1. The maximum absolute atomic E-state index is 12.0. The van der Waals surface area contributed by atoms with Crippen LogP contribution in [0.25, 0.3) is 0 Å². The number of nitrogens with one attached hydrogen (secondary N) is 2. The zero-order valence-electron chi connectivity index (χ0n) is 11.0. The number of ether oxygens (including phenoxy) is 2. The second kappa shape index (κ2) is 8.05. The molecule has 0 spiro atoms. The zero-order valence-corrected chi connectivity index (χ0v) is 11.9. The summed E-state index contributed by atoms with van der Waals surface area (Å²) in [5.74, 6) is 0. The summed E-state index contributed by atoms with van der Waals surface area (Å²) in [5, 5.41) is 2.77. The molecule has 0 aliphatic carbocycles. The summed E-state index contributed by atoms with van der Waals surface area (Å²) in [6.07, 6.45) is 1.44. The summed E-state index contributed by atoms with van der Waals surface area (Å²) >= 11 is 0. The van der Waals surface area contributed by atoms with Gasteiger partial charge in [0, 0.05) is 26.9 Å². The van der Waals surface area contributed by atoms with Crippen molar-refractivity contribution in [1.29, 1.82) is 0 Å². The second-order valence-electron chi connectivity index (χ2n) is 3.61. The molecule has 1 aromatic heterocycles. The largest absolute Gasteiger partial charge is 0.386 e. The molecule has 8 heteroatoms. The van der Waals surface area contributed by atoms with Crippen LogP contribution in [-0.2, 0) is 19.5 Å². The molecular weight excluding hydrogens is 270 g/mol. The molecule has 0 saturated heterocycles. The predicted molar refractivity (Wildman–Crippen MR) is 71.7 cm³/mol. The third kappa shape index (κ3) is 5.11. The van der Waals surface area contributed by atoms with Gasteiger partial charge in [0.15, 0.2) is 5.03 Å². The first-order valence-electron chi connectivity index (χ1n) is 5.81. The van der Waals surface area contributed by atoms with Gasteiger partial charge in [-0.15, -0.1) is 0 Å². The number of nitrogens with zero attached hydrogens (tertiary/aromatic N) is 1. The van der Waals surface area contributed by atoms with Crippen molar-refractivity contribution >= 4 is 15.7 Å². The van der Waals surface area contributed by atoms with E-state index in [1.807, 2.05) is 0 Å². The van der Waals surface area contributed by atoms with Crippen LogP contribution in [0.3, 0.4) is 0 Å². The Labute approximate surface area is 113 Å². The minimum absolute atomic E-state index is 0.0191. The van der Waals surface area contributed by atoms with E-state index in [0.29, 0.717) is 18.9 Å². The first kappa shape index (κ1) is 15.8. The van der Waals surface area contributed by atoms with E-state index in [1.54, 1.807) is 26.3 Å². The molecule has 0 radical (unpaired) electrons. The number of pyridine rings is 1. The normalized spacial score (nSPS) is 11.5. The van der Waals surface area contributed by atoms with Crippen LogP contribution < -0.4 is 10.0 Å². The van der Waals surface area contributed by atoms with E-state index in [-0.39, 0.29) is 18.2 Å². The van der Waals surface area contributed by atoms with Crippen LogP contribution in [0.4, 0.5) is 5.69 Å². The van der Waals surface area contributed by atoms with Gasteiger partial charge >= 0.3 is 0 Å². The molecule has 0 atom stereocenters. The lowest BCUT2D eigenvalue weighted by Crippen LogP contribution is -2.29. The van der Waals surface area contributed by atoms with E-state index in [9.17, 15) is 8.42 Å². The number of anilines is 1. The van der Waals surface area contributed by atoms with Gasteiger partial charge < -0.3 is 14.8 Å².